The van der Waals surface area contributed by atoms with Gasteiger partial charge >= 0.3 is 12.0 Å². The summed E-state index contributed by atoms with van der Waals surface area (Å²) >= 11 is 1.44. The molecule has 0 fully saturated rings. The molecule has 1 unspecified atom stereocenters. The average molecular weight is 436 g/mol. The first-order valence-corrected chi connectivity index (χ1v) is 10.4. The number of aromatic nitrogens is 1. The molecular formula is C23H21N3O4S. The van der Waals surface area contributed by atoms with Gasteiger partial charge in [0.2, 0.25) is 0 Å². The molecule has 0 aliphatic heterocycles. The van der Waals surface area contributed by atoms with Crippen LogP contribution in [0.5, 0.6) is 0 Å². The highest BCUT2D eigenvalue weighted by molar-refractivity contribution is 7.99. The molecule has 1 heterocycles. The number of carbonyl (C=O) groups excluding carboxylic acids is 2. The van der Waals surface area contributed by atoms with Crippen LogP contribution in [0.3, 0.4) is 0 Å². The minimum absolute atomic E-state index is 0.0216. The van der Waals surface area contributed by atoms with Crippen molar-refractivity contribution in [2.45, 2.75) is 23.0 Å². The fourth-order valence-corrected chi connectivity index (χ4v) is 4.13. The second kappa shape index (κ2) is 10.4. The predicted octanol–water partition coefficient (Wildman–Crippen LogP) is 4.31. The second-order valence-electron chi connectivity index (χ2n) is 6.80. The molecule has 8 heteroatoms. The van der Waals surface area contributed by atoms with Gasteiger partial charge in [-0.05, 0) is 41.5 Å². The molecule has 0 saturated carbocycles. The number of aliphatic carboxylic acids is 1. The van der Waals surface area contributed by atoms with Gasteiger partial charge in [-0.1, -0.05) is 30.3 Å². The molecule has 31 heavy (non-hydrogen) atoms. The third-order valence-corrected chi connectivity index (χ3v) is 5.70. The largest absolute Gasteiger partial charge is 0.481 e. The first-order valence-electron chi connectivity index (χ1n) is 9.48. The maximum absolute atomic E-state index is 12.6. The molecular weight excluding hydrogens is 414 g/mol. The van der Waals surface area contributed by atoms with Crippen molar-refractivity contribution in [3.05, 3.63) is 89.7 Å². The summed E-state index contributed by atoms with van der Waals surface area (Å²) in [6.07, 6.45) is 3.50. The van der Waals surface area contributed by atoms with Crippen LogP contribution >= 0.6 is 11.8 Å². The van der Waals surface area contributed by atoms with Crippen molar-refractivity contribution >= 4 is 35.2 Å². The number of nitrogens with zero attached hydrogens (tertiary/aromatic N) is 1. The van der Waals surface area contributed by atoms with E-state index < -0.39 is 12.0 Å². The summed E-state index contributed by atoms with van der Waals surface area (Å²) < 4.78 is 0. The van der Waals surface area contributed by atoms with E-state index in [0.29, 0.717) is 11.3 Å². The number of anilines is 1. The molecule has 0 aliphatic rings. The topological polar surface area (TPSA) is 122 Å². The number of ketones is 1. The van der Waals surface area contributed by atoms with Crippen molar-refractivity contribution in [2.24, 2.45) is 5.73 Å². The number of carboxylic acid groups (broad SMARTS) is 1. The monoisotopic (exact) mass is 435 g/mol. The van der Waals surface area contributed by atoms with E-state index in [0.717, 1.165) is 16.0 Å². The van der Waals surface area contributed by atoms with E-state index in [1.165, 1.54) is 11.8 Å². The minimum Gasteiger partial charge on any atom is -0.481 e. The number of carbonyl (C=O) groups is 3. The first kappa shape index (κ1) is 22.0. The Morgan fingerprint density at radius 3 is 2.48 bits per heavy atom. The van der Waals surface area contributed by atoms with E-state index in [1.807, 2.05) is 30.3 Å². The van der Waals surface area contributed by atoms with Crippen molar-refractivity contribution < 1.29 is 19.5 Å². The van der Waals surface area contributed by atoms with Crippen molar-refractivity contribution in [3.63, 3.8) is 0 Å². The summed E-state index contributed by atoms with van der Waals surface area (Å²) in [5.41, 5.74) is 7.73. The molecule has 0 radical (unpaired) electrons. The molecule has 0 saturated heterocycles. The molecule has 4 N–H and O–H groups in total. The maximum Gasteiger partial charge on any atom is 0.316 e. The standard InChI is InChI=1S/C23H21N3O4S/c24-23(30)26-18-5-1-3-16(12-18)20(27)11-15-6-8-19(9-7-15)31-21(13-22(28)29)17-4-2-10-25-14-17/h1-10,12,14,21H,11,13H2,(H,28,29)(H3,24,26,30). The molecule has 1 aromatic heterocycles. The lowest BCUT2D eigenvalue weighted by atomic mass is 10.0. The molecule has 7 nitrogen and oxygen atoms in total. The number of rotatable bonds is 9. The van der Waals surface area contributed by atoms with Crippen LogP contribution in [-0.4, -0.2) is 27.9 Å². The van der Waals surface area contributed by atoms with Gasteiger partial charge in [0.15, 0.2) is 5.78 Å². The van der Waals surface area contributed by atoms with Crippen LogP contribution in [-0.2, 0) is 11.2 Å². The number of primary amides is 1. The lowest BCUT2D eigenvalue weighted by molar-refractivity contribution is -0.137. The number of Topliss-reactive ketones (excluding diaryl/α,β-unsaturated/α-hetero) is 1. The molecule has 0 spiro atoms. The Morgan fingerprint density at radius 2 is 1.84 bits per heavy atom. The van der Waals surface area contributed by atoms with Gasteiger partial charge in [0.05, 0.1) is 6.42 Å². The number of nitrogens with two attached hydrogens (primary N) is 1. The highest BCUT2D eigenvalue weighted by Gasteiger charge is 2.17. The van der Waals surface area contributed by atoms with Crippen LogP contribution in [0.2, 0.25) is 0 Å². The zero-order valence-corrected chi connectivity index (χ0v) is 17.3. The predicted molar refractivity (Wildman–Crippen MR) is 119 cm³/mol. The van der Waals surface area contributed by atoms with E-state index in [-0.39, 0.29) is 23.9 Å². The van der Waals surface area contributed by atoms with E-state index in [9.17, 15) is 19.5 Å². The van der Waals surface area contributed by atoms with E-state index in [4.69, 9.17) is 5.73 Å². The molecule has 158 valence electrons. The van der Waals surface area contributed by atoms with Crippen LogP contribution < -0.4 is 11.1 Å². The summed E-state index contributed by atoms with van der Waals surface area (Å²) in [6, 6.07) is 17.0. The molecule has 3 rings (SSSR count). The summed E-state index contributed by atoms with van der Waals surface area (Å²) in [7, 11) is 0. The molecule has 2 aromatic carbocycles. The number of carboxylic acids is 1. The molecule has 0 bridgehead atoms. The quantitative estimate of drug-likeness (QED) is 0.340. The molecule has 3 aromatic rings. The number of amides is 2. The summed E-state index contributed by atoms with van der Waals surface area (Å²) in [5, 5.41) is 11.4. The van der Waals surface area contributed by atoms with Gasteiger partial charge in [-0.2, -0.15) is 0 Å². The third-order valence-electron chi connectivity index (χ3n) is 4.43. The van der Waals surface area contributed by atoms with E-state index in [1.54, 1.807) is 42.7 Å². The Labute approximate surface area is 183 Å². The minimum atomic E-state index is -0.878. The zero-order chi connectivity index (χ0) is 22.2. The Hall–Kier alpha value is -3.65. The Morgan fingerprint density at radius 1 is 1.06 bits per heavy atom. The SMILES string of the molecule is NC(=O)Nc1cccc(C(=O)Cc2ccc(SC(CC(=O)O)c3cccnc3)cc2)c1. The summed E-state index contributed by atoms with van der Waals surface area (Å²) in [4.78, 5) is 39.8. The van der Waals surface area contributed by atoms with Crippen LogP contribution in [0, 0.1) is 0 Å². The summed E-state index contributed by atoms with van der Waals surface area (Å²) in [6.45, 7) is 0. The van der Waals surface area contributed by atoms with Crippen molar-refractivity contribution in [3.8, 4) is 0 Å². The van der Waals surface area contributed by atoms with Crippen LogP contribution in [0.15, 0.2) is 78.0 Å². The number of hydrogen-bond acceptors (Lipinski definition) is 5. The second-order valence-corrected chi connectivity index (χ2v) is 8.08. The fourth-order valence-electron chi connectivity index (χ4n) is 3.00. The number of nitrogens with one attached hydrogen (secondary N) is 1. The van der Waals surface area contributed by atoms with Gasteiger partial charge < -0.3 is 16.2 Å². The van der Waals surface area contributed by atoms with Gasteiger partial charge in [-0.3, -0.25) is 14.6 Å². The summed E-state index contributed by atoms with van der Waals surface area (Å²) in [5.74, 6) is -0.968. The number of benzene rings is 2. The molecule has 2 amide bonds. The molecule has 0 aliphatic carbocycles. The van der Waals surface area contributed by atoms with Crippen LogP contribution in [0.1, 0.15) is 33.2 Å². The zero-order valence-electron chi connectivity index (χ0n) is 16.5. The Bertz CT molecular complexity index is 1070. The van der Waals surface area contributed by atoms with Gasteiger partial charge in [0, 0.05) is 40.2 Å². The van der Waals surface area contributed by atoms with E-state index in [2.05, 4.69) is 10.3 Å². The first-order chi connectivity index (χ1) is 14.9. The normalized spacial score (nSPS) is 11.5. The van der Waals surface area contributed by atoms with Crippen LogP contribution in [0.4, 0.5) is 10.5 Å². The number of hydrogen-bond donors (Lipinski definition) is 3. The number of thioether (sulfide) groups is 1. The Balaban J connectivity index is 1.67. The van der Waals surface area contributed by atoms with Gasteiger partial charge in [0.1, 0.15) is 0 Å². The Kier molecular flexibility index (Phi) is 7.40. The highest BCUT2D eigenvalue weighted by Crippen LogP contribution is 2.37. The third kappa shape index (κ3) is 6.68. The lowest BCUT2D eigenvalue weighted by Crippen LogP contribution is -2.19. The smallest absolute Gasteiger partial charge is 0.316 e. The van der Waals surface area contributed by atoms with E-state index >= 15 is 0 Å². The maximum atomic E-state index is 12.6. The number of pyridine rings is 1. The van der Waals surface area contributed by atoms with Crippen molar-refractivity contribution in [1.29, 1.82) is 0 Å². The molecule has 1 atom stereocenters. The van der Waals surface area contributed by atoms with Gasteiger partial charge in [-0.25, -0.2) is 4.79 Å². The number of urea groups is 1. The highest BCUT2D eigenvalue weighted by atomic mass is 32.2. The van der Waals surface area contributed by atoms with Gasteiger partial charge in [0.25, 0.3) is 0 Å². The van der Waals surface area contributed by atoms with Crippen molar-refractivity contribution in [2.75, 3.05) is 5.32 Å². The van der Waals surface area contributed by atoms with Crippen molar-refractivity contribution in [1.82, 2.24) is 4.98 Å². The van der Waals surface area contributed by atoms with Crippen LogP contribution in [0.25, 0.3) is 0 Å². The van der Waals surface area contributed by atoms with Gasteiger partial charge in [-0.15, -0.1) is 11.8 Å². The average Bonchev–Trinajstić information content (AvgIpc) is 2.74. The fraction of sp³-hybridized carbons (Fsp3) is 0.130. The lowest BCUT2D eigenvalue weighted by Gasteiger charge is -2.15.